The standard InChI is InChI=1S/C17H15FN4OS/c1-17(7-9-24-16(19)22-17)12-10-11(5-6-13(12)18)21-15(23)14-4-2-3-8-20-14/h2-10H,1H3,(H2,19,22)(H,21,23)/t17-/m0/s1. The van der Waals surface area contributed by atoms with Gasteiger partial charge in [-0.25, -0.2) is 9.38 Å². The van der Waals surface area contributed by atoms with E-state index in [1.165, 1.54) is 30.1 Å². The number of amidine groups is 1. The van der Waals surface area contributed by atoms with Crippen molar-refractivity contribution in [2.75, 3.05) is 5.32 Å². The van der Waals surface area contributed by atoms with Gasteiger partial charge in [-0.2, -0.15) is 0 Å². The van der Waals surface area contributed by atoms with E-state index in [-0.39, 0.29) is 11.6 Å². The topological polar surface area (TPSA) is 80.4 Å². The molecule has 7 heteroatoms. The lowest BCUT2D eigenvalue weighted by Crippen LogP contribution is -2.25. The molecular formula is C17H15FN4OS. The van der Waals surface area contributed by atoms with Crippen molar-refractivity contribution in [3.8, 4) is 0 Å². The lowest BCUT2D eigenvalue weighted by molar-refractivity contribution is 0.102. The molecule has 3 rings (SSSR count). The number of hydrogen-bond acceptors (Lipinski definition) is 5. The number of nitrogens with one attached hydrogen (secondary N) is 1. The monoisotopic (exact) mass is 342 g/mol. The van der Waals surface area contributed by atoms with Gasteiger partial charge in [0, 0.05) is 17.4 Å². The van der Waals surface area contributed by atoms with Gasteiger partial charge in [0.15, 0.2) is 5.17 Å². The zero-order valence-corrected chi connectivity index (χ0v) is 13.7. The summed E-state index contributed by atoms with van der Waals surface area (Å²) in [5, 5.41) is 4.86. The summed E-state index contributed by atoms with van der Waals surface area (Å²) in [5.74, 6) is -0.780. The van der Waals surface area contributed by atoms with Crippen LogP contribution in [-0.2, 0) is 5.54 Å². The van der Waals surface area contributed by atoms with Gasteiger partial charge < -0.3 is 11.1 Å². The number of hydrogen-bond donors (Lipinski definition) is 2. The Labute approximate surface area is 142 Å². The van der Waals surface area contributed by atoms with E-state index in [2.05, 4.69) is 15.3 Å². The van der Waals surface area contributed by atoms with Crippen molar-refractivity contribution in [2.24, 2.45) is 10.7 Å². The summed E-state index contributed by atoms with van der Waals surface area (Å²) in [6.45, 7) is 1.76. The number of amides is 1. The molecule has 0 aliphatic carbocycles. The van der Waals surface area contributed by atoms with Crippen LogP contribution >= 0.6 is 11.8 Å². The van der Waals surface area contributed by atoms with E-state index < -0.39 is 11.4 Å². The van der Waals surface area contributed by atoms with E-state index in [0.29, 0.717) is 16.4 Å². The number of thioether (sulfide) groups is 1. The number of aliphatic imine (C=N–C) groups is 1. The van der Waals surface area contributed by atoms with Crippen LogP contribution in [0.15, 0.2) is 59.1 Å². The van der Waals surface area contributed by atoms with Crippen LogP contribution in [0.2, 0.25) is 0 Å². The van der Waals surface area contributed by atoms with Crippen LogP contribution in [0.4, 0.5) is 10.1 Å². The van der Waals surface area contributed by atoms with Crippen molar-refractivity contribution in [1.29, 1.82) is 0 Å². The second-order valence-electron chi connectivity index (χ2n) is 5.38. The highest BCUT2D eigenvalue weighted by Crippen LogP contribution is 2.35. The maximum absolute atomic E-state index is 14.3. The van der Waals surface area contributed by atoms with E-state index in [0.717, 1.165) is 0 Å². The molecule has 24 heavy (non-hydrogen) atoms. The molecule has 1 aliphatic rings. The Morgan fingerprint density at radius 1 is 1.33 bits per heavy atom. The highest BCUT2D eigenvalue weighted by Gasteiger charge is 2.29. The molecule has 122 valence electrons. The third-order valence-electron chi connectivity index (χ3n) is 3.59. The summed E-state index contributed by atoms with van der Waals surface area (Å²) in [6.07, 6.45) is 3.31. The lowest BCUT2D eigenvalue weighted by Gasteiger charge is -2.26. The number of nitrogens with zero attached hydrogens (tertiary/aromatic N) is 2. The maximum atomic E-state index is 14.3. The van der Waals surface area contributed by atoms with Crippen LogP contribution in [0.3, 0.4) is 0 Å². The van der Waals surface area contributed by atoms with Crippen LogP contribution in [0.1, 0.15) is 23.0 Å². The van der Waals surface area contributed by atoms with E-state index in [1.807, 2.05) is 0 Å². The fourth-order valence-electron chi connectivity index (χ4n) is 2.36. The normalized spacial score (nSPS) is 19.7. The van der Waals surface area contributed by atoms with Gasteiger partial charge in [-0.05, 0) is 48.7 Å². The highest BCUT2D eigenvalue weighted by molar-refractivity contribution is 8.16. The molecule has 2 heterocycles. The van der Waals surface area contributed by atoms with Crippen molar-refractivity contribution in [2.45, 2.75) is 12.5 Å². The molecule has 0 saturated carbocycles. The fourth-order valence-corrected chi connectivity index (χ4v) is 3.08. The van der Waals surface area contributed by atoms with Crippen LogP contribution in [0, 0.1) is 5.82 Å². The minimum absolute atomic E-state index is 0.283. The minimum atomic E-state index is -0.912. The molecular weight excluding hydrogens is 327 g/mol. The summed E-state index contributed by atoms with van der Waals surface area (Å²) < 4.78 is 14.3. The van der Waals surface area contributed by atoms with E-state index in [1.54, 1.807) is 42.7 Å². The van der Waals surface area contributed by atoms with Crippen LogP contribution in [-0.4, -0.2) is 16.1 Å². The molecule has 0 unspecified atom stereocenters. The molecule has 5 nitrogen and oxygen atoms in total. The predicted octanol–water partition coefficient (Wildman–Crippen LogP) is 3.26. The van der Waals surface area contributed by atoms with Crippen molar-refractivity contribution < 1.29 is 9.18 Å². The van der Waals surface area contributed by atoms with Gasteiger partial charge in [-0.3, -0.25) is 9.78 Å². The van der Waals surface area contributed by atoms with Crippen molar-refractivity contribution in [1.82, 2.24) is 4.98 Å². The number of aromatic nitrogens is 1. The molecule has 0 bridgehead atoms. The van der Waals surface area contributed by atoms with E-state index in [9.17, 15) is 9.18 Å². The Balaban J connectivity index is 1.91. The lowest BCUT2D eigenvalue weighted by atomic mass is 9.92. The summed E-state index contributed by atoms with van der Waals surface area (Å²) in [5.41, 5.74) is 5.92. The second-order valence-corrected chi connectivity index (χ2v) is 6.31. The number of benzene rings is 1. The quantitative estimate of drug-likeness (QED) is 0.897. The molecule has 0 spiro atoms. The number of rotatable bonds is 3. The van der Waals surface area contributed by atoms with Crippen molar-refractivity contribution in [3.05, 3.63) is 71.2 Å². The predicted molar refractivity (Wildman–Crippen MR) is 94.3 cm³/mol. The fraction of sp³-hybridized carbons (Fsp3) is 0.118. The van der Waals surface area contributed by atoms with Crippen LogP contribution < -0.4 is 11.1 Å². The van der Waals surface area contributed by atoms with Gasteiger partial charge in [-0.1, -0.05) is 17.8 Å². The van der Waals surface area contributed by atoms with Crippen LogP contribution in [0.5, 0.6) is 0 Å². The molecule has 3 N–H and O–H groups in total. The van der Waals surface area contributed by atoms with Gasteiger partial charge in [0.2, 0.25) is 0 Å². The first-order valence-corrected chi connectivity index (χ1v) is 8.08. The number of carbonyl (C=O) groups excluding carboxylic acids is 1. The molecule has 1 amide bonds. The maximum Gasteiger partial charge on any atom is 0.274 e. The van der Waals surface area contributed by atoms with Gasteiger partial charge in [0.05, 0.1) is 0 Å². The zero-order valence-electron chi connectivity index (χ0n) is 12.9. The first kappa shape index (κ1) is 16.2. The van der Waals surface area contributed by atoms with Gasteiger partial charge >= 0.3 is 0 Å². The average molecular weight is 342 g/mol. The number of pyridine rings is 1. The Bertz CT molecular complexity index is 838. The van der Waals surface area contributed by atoms with Crippen molar-refractivity contribution >= 4 is 28.5 Å². The Kier molecular flexibility index (Phi) is 4.35. The van der Waals surface area contributed by atoms with E-state index in [4.69, 9.17) is 5.73 Å². The molecule has 1 atom stereocenters. The Morgan fingerprint density at radius 3 is 2.88 bits per heavy atom. The van der Waals surface area contributed by atoms with Crippen molar-refractivity contribution in [3.63, 3.8) is 0 Å². The third-order valence-corrected chi connectivity index (χ3v) is 4.20. The number of halogens is 1. The molecule has 0 fully saturated rings. The number of anilines is 1. The summed E-state index contributed by atoms with van der Waals surface area (Å²) >= 11 is 1.28. The molecule has 1 aliphatic heterocycles. The molecule has 1 aromatic heterocycles. The molecule has 2 aromatic rings. The van der Waals surface area contributed by atoms with E-state index >= 15 is 0 Å². The number of carbonyl (C=O) groups is 1. The van der Waals surface area contributed by atoms with Crippen LogP contribution in [0.25, 0.3) is 0 Å². The Morgan fingerprint density at radius 2 is 2.17 bits per heavy atom. The first-order chi connectivity index (χ1) is 11.5. The summed E-state index contributed by atoms with van der Waals surface area (Å²) in [4.78, 5) is 20.5. The molecule has 1 aromatic carbocycles. The SMILES string of the molecule is C[C@@]1(c2cc(NC(=O)c3ccccn3)ccc2F)C=CSC(N)=N1. The third kappa shape index (κ3) is 3.30. The molecule has 0 radical (unpaired) electrons. The van der Waals surface area contributed by atoms with Gasteiger partial charge in [0.25, 0.3) is 5.91 Å². The smallest absolute Gasteiger partial charge is 0.274 e. The largest absolute Gasteiger partial charge is 0.378 e. The minimum Gasteiger partial charge on any atom is -0.378 e. The van der Waals surface area contributed by atoms with Gasteiger partial charge in [0.1, 0.15) is 17.1 Å². The average Bonchev–Trinajstić information content (AvgIpc) is 2.57. The summed E-state index contributed by atoms with van der Waals surface area (Å²) in [7, 11) is 0. The summed E-state index contributed by atoms with van der Waals surface area (Å²) in [6, 6.07) is 9.41. The Hall–Kier alpha value is -2.67. The first-order valence-electron chi connectivity index (χ1n) is 7.20. The second kappa shape index (κ2) is 6.45. The zero-order chi connectivity index (χ0) is 17.2. The highest BCUT2D eigenvalue weighted by atomic mass is 32.2. The number of nitrogens with two attached hydrogens (primary N) is 1. The molecule has 0 saturated heterocycles. The van der Waals surface area contributed by atoms with Gasteiger partial charge in [-0.15, -0.1) is 0 Å².